The number of nitrogens with two attached hydrogens (primary N) is 1. The van der Waals surface area contributed by atoms with Gasteiger partial charge in [0.05, 0.1) is 23.4 Å². The molecule has 2 aromatic rings. The third-order valence-corrected chi connectivity index (χ3v) is 3.94. The molecule has 0 fully saturated rings. The van der Waals surface area contributed by atoms with Gasteiger partial charge >= 0.3 is 0 Å². The van der Waals surface area contributed by atoms with Gasteiger partial charge in [-0.15, -0.1) is 0 Å². The Bertz CT molecular complexity index is 863. The van der Waals surface area contributed by atoms with Crippen molar-refractivity contribution >= 4 is 29.1 Å². The molecule has 0 saturated heterocycles. The molecular formula is C18H17N3O4. The molecule has 0 saturated carbocycles. The minimum atomic E-state index is -0.609. The highest BCUT2D eigenvalue weighted by molar-refractivity contribution is 6.03. The number of rotatable bonds is 4. The Morgan fingerprint density at radius 3 is 2.76 bits per heavy atom. The molecule has 3 rings (SSSR count). The van der Waals surface area contributed by atoms with E-state index in [9.17, 15) is 14.4 Å². The van der Waals surface area contributed by atoms with Gasteiger partial charge in [-0.25, -0.2) is 0 Å². The molecule has 7 nitrogen and oxygen atoms in total. The second-order valence-corrected chi connectivity index (χ2v) is 5.68. The van der Waals surface area contributed by atoms with Crippen molar-refractivity contribution in [1.82, 2.24) is 0 Å². The van der Waals surface area contributed by atoms with Crippen LogP contribution in [0.4, 0.5) is 11.4 Å². The number of likely N-dealkylation sites (N-methyl/N-ethyl adjacent to an activating group) is 1. The summed E-state index contributed by atoms with van der Waals surface area (Å²) in [5, 5.41) is 2.69. The maximum Gasteiger partial charge on any atom is 0.264 e. The van der Waals surface area contributed by atoms with Crippen LogP contribution in [0.25, 0.3) is 0 Å². The average Bonchev–Trinajstić information content (AvgIpc) is 2.59. The lowest BCUT2D eigenvalue weighted by molar-refractivity contribution is -0.121. The number of anilines is 2. The number of fused-ring (bicyclic) bond motifs is 1. The van der Waals surface area contributed by atoms with Gasteiger partial charge in [-0.05, 0) is 29.8 Å². The van der Waals surface area contributed by atoms with Crippen LogP contribution in [0.2, 0.25) is 0 Å². The first-order chi connectivity index (χ1) is 12.0. The van der Waals surface area contributed by atoms with Crippen molar-refractivity contribution in [1.29, 1.82) is 0 Å². The summed E-state index contributed by atoms with van der Waals surface area (Å²) in [7, 11) is 1.66. The van der Waals surface area contributed by atoms with Crippen molar-refractivity contribution in [2.24, 2.45) is 5.73 Å². The monoisotopic (exact) mass is 339 g/mol. The Morgan fingerprint density at radius 1 is 1.24 bits per heavy atom. The number of carbonyl (C=O) groups is 3. The van der Waals surface area contributed by atoms with Gasteiger partial charge in [0.2, 0.25) is 5.91 Å². The van der Waals surface area contributed by atoms with E-state index in [1.54, 1.807) is 49.5 Å². The molecule has 1 aliphatic rings. The van der Waals surface area contributed by atoms with Crippen LogP contribution in [0, 0.1) is 0 Å². The zero-order valence-corrected chi connectivity index (χ0v) is 13.6. The molecule has 0 spiro atoms. The fourth-order valence-electron chi connectivity index (χ4n) is 2.61. The van der Waals surface area contributed by atoms with E-state index in [0.717, 1.165) is 5.56 Å². The molecule has 7 heteroatoms. The Morgan fingerprint density at radius 2 is 2.00 bits per heavy atom. The zero-order chi connectivity index (χ0) is 18.0. The van der Waals surface area contributed by atoms with E-state index in [1.807, 2.05) is 0 Å². The first kappa shape index (κ1) is 16.5. The highest BCUT2D eigenvalue weighted by atomic mass is 16.5. The standard InChI is InChI=1S/C18H17N3O4/c1-21-14-8-11(6-7-15(14)25-10-17(21)23)9-16(22)20-13-5-3-2-4-12(13)18(19)24/h2-8H,9-10H2,1H3,(H2,19,24)(H,20,22). The number of carbonyl (C=O) groups excluding carboxylic acids is 3. The fourth-order valence-corrected chi connectivity index (χ4v) is 2.61. The maximum absolute atomic E-state index is 12.3. The van der Waals surface area contributed by atoms with E-state index in [0.29, 0.717) is 17.1 Å². The van der Waals surface area contributed by atoms with Gasteiger partial charge in [-0.2, -0.15) is 0 Å². The first-order valence-corrected chi connectivity index (χ1v) is 7.66. The van der Waals surface area contributed by atoms with Crippen LogP contribution in [0.5, 0.6) is 5.75 Å². The van der Waals surface area contributed by atoms with Crippen molar-refractivity contribution in [3.63, 3.8) is 0 Å². The van der Waals surface area contributed by atoms with Gasteiger partial charge < -0.3 is 20.7 Å². The molecule has 0 aliphatic carbocycles. The highest BCUT2D eigenvalue weighted by Crippen LogP contribution is 2.32. The molecule has 0 atom stereocenters. The van der Waals surface area contributed by atoms with Crippen LogP contribution in [-0.2, 0) is 16.0 Å². The summed E-state index contributed by atoms with van der Waals surface area (Å²) >= 11 is 0. The largest absolute Gasteiger partial charge is 0.482 e. The molecule has 3 N–H and O–H groups in total. The lowest BCUT2D eigenvalue weighted by atomic mass is 10.1. The second-order valence-electron chi connectivity index (χ2n) is 5.68. The number of ether oxygens (including phenoxy) is 1. The zero-order valence-electron chi connectivity index (χ0n) is 13.6. The summed E-state index contributed by atoms with van der Waals surface area (Å²) in [5.41, 5.74) is 7.27. The quantitative estimate of drug-likeness (QED) is 0.877. The predicted octanol–water partition coefficient (Wildman–Crippen LogP) is 1.32. The van der Waals surface area contributed by atoms with E-state index >= 15 is 0 Å². The molecule has 3 amide bonds. The van der Waals surface area contributed by atoms with Crippen molar-refractivity contribution < 1.29 is 19.1 Å². The summed E-state index contributed by atoms with van der Waals surface area (Å²) in [6.45, 7) is 0.00718. The van der Waals surface area contributed by atoms with E-state index in [1.165, 1.54) is 4.90 Å². The Hall–Kier alpha value is -3.35. The van der Waals surface area contributed by atoms with Crippen molar-refractivity contribution in [3.8, 4) is 5.75 Å². The third-order valence-electron chi connectivity index (χ3n) is 3.94. The van der Waals surface area contributed by atoms with Gasteiger partial charge in [0.1, 0.15) is 5.75 Å². The van der Waals surface area contributed by atoms with E-state index in [4.69, 9.17) is 10.5 Å². The number of nitrogens with one attached hydrogen (secondary N) is 1. The Balaban J connectivity index is 1.76. The van der Waals surface area contributed by atoms with Gasteiger partial charge in [0.15, 0.2) is 6.61 Å². The van der Waals surface area contributed by atoms with Gasteiger partial charge in [-0.1, -0.05) is 18.2 Å². The minimum Gasteiger partial charge on any atom is -0.482 e. The summed E-state index contributed by atoms with van der Waals surface area (Å²) in [6.07, 6.45) is 0.0857. The second kappa shape index (κ2) is 6.64. The Kier molecular flexibility index (Phi) is 4.38. The summed E-state index contributed by atoms with van der Waals surface area (Å²) in [6, 6.07) is 11.8. The molecule has 0 unspecified atom stereocenters. The molecule has 2 aromatic carbocycles. The third kappa shape index (κ3) is 3.45. The van der Waals surface area contributed by atoms with Gasteiger partial charge in [0, 0.05) is 7.05 Å². The molecule has 1 aliphatic heterocycles. The highest BCUT2D eigenvalue weighted by Gasteiger charge is 2.22. The van der Waals surface area contributed by atoms with Crippen LogP contribution in [0.15, 0.2) is 42.5 Å². The van der Waals surface area contributed by atoms with Crippen molar-refractivity contribution in [2.45, 2.75) is 6.42 Å². The number of hydrogen-bond donors (Lipinski definition) is 2. The lowest BCUT2D eigenvalue weighted by Crippen LogP contribution is -2.35. The van der Waals surface area contributed by atoms with E-state index in [2.05, 4.69) is 5.32 Å². The van der Waals surface area contributed by atoms with E-state index in [-0.39, 0.29) is 30.4 Å². The van der Waals surface area contributed by atoms with E-state index < -0.39 is 5.91 Å². The molecule has 128 valence electrons. The van der Waals surface area contributed by atoms with Crippen LogP contribution >= 0.6 is 0 Å². The molecule has 0 aromatic heterocycles. The molecular weight excluding hydrogens is 322 g/mol. The summed E-state index contributed by atoms with van der Waals surface area (Å²) in [4.78, 5) is 36.9. The number of amides is 3. The Labute approximate surface area is 144 Å². The maximum atomic E-state index is 12.3. The molecule has 1 heterocycles. The smallest absolute Gasteiger partial charge is 0.264 e. The van der Waals surface area contributed by atoms with Gasteiger partial charge in [-0.3, -0.25) is 14.4 Å². The lowest BCUT2D eigenvalue weighted by Gasteiger charge is -2.26. The average molecular weight is 339 g/mol. The summed E-state index contributed by atoms with van der Waals surface area (Å²) < 4.78 is 5.36. The number of primary amides is 1. The fraction of sp³-hybridized carbons (Fsp3) is 0.167. The van der Waals surface area contributed by atoms with Crippen LogP contribution < -0.4 is 20.7 Å². The molecule has 0 radical (unpaired) electrons. The topological polar surface area (TPSA) is 102 Å². The number of benzene rings is 2. The predicted molar refractivity (Wildman–Crippen MR) is 92.6 cm³/mol. The number of para-hydroxylation sites is 1. The van der Waals surface area contributed by atoms with Crippen molar-refractivity contribution in [2.75, 3.05) is 23.9 Å². The van der Waals surface area contributed by atoms with Crippen LogP contribution in [-0.4, -0.2) is 31.4 Å². The first-order valence-electron chi connectivity index (χ1n) is 7.66. The normalized spacial score (nSPS) is 13.0. The van der Waals surface area contributed by atoms with Crippen molar-refractivity contribution in [3.05, 3.63) is 53.6 Å². The number of hydrogen-bond acceptors (Lipinski definition) is 4. The van der Waals surface area contributed by atoms with Gasteiger partial charge in [0.25, 0.3) is 11.8 Å². The molecule has 0 bridgehead atoms. The van der Waals surface area contributed by atoms with Crippen LogP contribution in [0.3, 0.4) is 0 Å². The summed E-state index contributed by atoms with van der Waals surface area (Å²) in [5.74, 6) is -0.448. The van der Waals surface area contributed by atoms with Crippen LogP contribution in [0.1, 0.15) is 15.9 Å². The number of nitrogens with zero attached hydrogens (tertiary/aromatic N) is 1. The SMILES string of the molecule is CN1C(=O)COc2ccc(CC(=O)Nc3ccccc3C(N)=O)cc21. The minimum absolute atomic E-state index is 0.00718. The molecule has 25 heavy (non-hydrogen) atoms.